The number of hydrogen-bond acceptors (Lipinski definition) is 6. The number of thioether (sulfide) groups is 1. The minimum absolute atomic E-state index is 0.179. The Balaban J connectivity index is 1.87. The van der Waals surface area contributed by atoms with Gasteiger partial charge in [-0.15, -0.1) is 0 Å². The highest BCUT2D eigenvalue weighted by molar-refractivity contribution is 9.10. The first-order valence-electron chi connectivity index (χ1n) is 6.43. The maximum atomic E-state index is 12.3. The lowest BCUT2D eigenvalue weighted by Crippen LogP contribution is -2.31. The number of rotatable bonds is 4. The zero-order valence-corrected chi connectivity index (χ0v) is 14.0. The molecule has 2 amide bonds. The monoisotopic (exact) mass is 385 g/mol. The van der Waals surface area contributed by atoms with Crippen LogP contribution in [0.1, 0.15) is 5.56 Å². The van der Waals surface area contributed by atoms with E-state index in [2.05, 4.69) is 15.9 Å². The van der Waals surface area contributed by atoms with E-state index < -0.39 is 0 Å². The molecule has 1 saturated heterocycles. The number of halogens is 1. The number of benzene rings is 1. The summed E-state index contributed by atoms with van der Waals surface area (Å²) in [5.74, 6) is 0.960. The van der Waals surface area contributed by atoms with Gasteiger partial charge in [-0.3, -0.25) is 14.5 Å². The van der Waals surface area contributed by atoms with Gasteiger partial charge in [-0.2, -0.15) is 0 Å². The van der Waals surface area contributed by atoms with Crippen molar-refractivity contribution in [2.75, 3.05) is 27.1 Å². The second kappa shape index (κ2) is 6.31. The van der Waals surface area contributed by atoms with Crippen LogP contribution >= 0.6 is 27.7 Å². The molecular weight excluding hydrogens is 374 g/mol. The van der Waals surface area contributed by atoms with E-state index in [9.17, 15) is 9.59 Å². The molecule has 2 aliphatic heterocycles. The summed E-state index contributed by atoms with van der Waals surface area (Å²) in [6.07, 6.45) is 1.67. The van der Waals surface area contributed by atoms with Gasteiger partial charge >= 0.3 is 0 Å². The summed E-state index contributed by atoms with van der Waals surface area (Å²) < 4.78 is 16.3. The molecule has 3 rings (SSSR count). The van der Waals surface area contributed by atoms with Crippen LogP contribution in [-0.2, 0) is 9.53 Å². The van der Waals surface area contributed by atoms with Gasteiger partial charge in [0, 0.05) is 11.6 Å². The lowest BCUT2D eigenvalue weighted by atomic mass is 10.2. The molecule has 0 saturated carbocycles. The fraction of sp³-hybridized carbons (Fsp3) is 0.286. The van der Waals surface area contributed by atoms with Crippen LogP contribution in [0.5, 0.6) is 11.5 Å². The number of nitrogens with zero attached hydrogens (tertiary/aromatic N) is 1. The van der Waals surface area contributed by atoms with Crippen molar-refractivity contribution >= 4 is 44.9 Å². The molecule has 22 heavy (non-hydrogen) atoms. The maximum absolute atomic E-state index is 12.3. The standard InChI is InChI=1S/C14H12BrNO5S/c1-19-3-2-16-13(17)12(22-14(16)18)5-8-4-10-11(6-9(8)15)21-7-20-10/h4-6H,2-3,7H2,1H3/b12-5-. The number of hydrogen-bond donors (Lipinski definition) is 0. The molecule has 0 spiro atoms. The summed E-state index contributed by atoms with van der Waals surface area (Å²) in [7, 11) is 1.53. The van der Waals surface area contributed by atoms with Crippen LogP contribution in [0.25, 0.3) is 6.08 Å². The summed E-state index contributed by atoms with van der Waals surface area (Å²) in [4.78, 5) is 25.7. The number of amides is 2. The average molecular weight is 386 g/mol. The highest BCUT2D eigenvalue weighted by Gasteiger charge is 2.34. The Morgan fingerprint density at radius 3 is 2.82 bits per heavy atom. The van der Waals surface area contributed by atoms with E-state index in [4.69, 9.17) is 14.2 Å². The van der Waals surface area contributed by atoms with E-state index in [0.29, 0.717) is 23.0 Å². The minimum Gasteiger partial charge on any atom is -0.454 e. The Labute approximate surface area is 139 Å². The van der Waals surface area contributed by atoms with Crippen molar-refractivity contribution in [1.29, 1.82) is 0 Å². The van der Waals surface area contributed by atoms with Crippen LogP contribution in [0.3, 0.4) is 0 Å². The Morgan fingerprint density at radius 1 is 1.36 bits per heavy atom. The lowest BCUT2D eigenvalue weighted by molar-refractivity contribution is -0.123. The van der Waals surface area contributed by atoms with Gasteiger partial charge in [0.05, 0.1) is 18.1 Å². The summed E-state index contributed by atoms with van der Waals surface area (Å²) >= 11 is 4.35. The molecule has 2 aliphatic rings. The molecule has 6 nitrogen and oxygen atoms in total. The quantitative estimate of drug-likeness (QED) is 0.742. The van der Waals surface area contributed by atoms with Crippen LogP contribution in [0.4, 0.5) is 4.79 Å². The fourth-order valence-corrected chi connectivity index (χ4v) is 3.35. The molecule has 0 aliphatic carbocycles. The molecule has 1 fully saturated rings. The first-order valence-corrected chi connectivity index (χ1v) is 8.04. The van der Waals surface area contributed by atoms with Crippen molar-refractivity contribution in [2.24, 2.45) is 0 Å². The second-order valence-corrected chi connectivity index (χ2v) is 6.40. The highest BCUT2D eigenvalue weighted by Crippen LogP contribution is 2.39. The van der Waals surface area contributed by atoms with Crippen LogP contribution in [0.15, 0.2) is 21.5 Å². The molecule has 0 unspecified atom stereocenters. The fourth-order valence-electron chi connectivity index (χ4n) is 2.06. The molecule has 116 valence electrons. The number of carbonyl (C=O) groups is 2. The number of ether oxygens (including phenoxy) is 3. The molecular formula is C14H12BrNO5S. The molecule has 0 radical (unpaired) electrons. The van der Waals surface area contributed by atoms with Gasteiger partial charge in [0.2, 0.25) is 6.79 Å². The minimum atomic E-state index is -0.309. The van der Waals surface area contributed by atoms with E-state index in [1.807, 2.05) is 0 Å². The SMILES string of the molecule is COCCN1C(=O)S/C(=C\c2cc3c(cc2Br)OCO3)C1=O. The van der Waals surface area contributed by atoms with Crippen molar-refractivity contribution < 1.29 is 23.8 Å². The van der Waals surface area contributed by atoms with Crippen LogP contribution in [-0.4, -0.2) is 43.1 Å². The summed E-state index contributed by atoms with van der Waals surface area (Å²) in [5, 5.41) is -0.287. The third-order valence-corrected chi connectivity index (χ3v) is 4.77. The normalized spacial score (nSPS) is 18.6. The number of fused-ring (bicyclic) bond motifs is 1. The first kappa shape index (κ1) is 15.4. The second-order valence-electron chi connectivity index (χ2n) is 4.55. The predicted octanol–water partition coefficient (Wildman–Crippen LogP) is 2.86. The number of imide groups is 1. The van der Waals surface area contributed by atoms with Crippen molar-refractivity contribution in [1.82, 2.24) is 4.90 Å². The Kier molecular flexibility index (Phi) is 4.42. The average Bonchev–Trinajstić information content (AvgIpc) is 3.03. The van der Waals surface area contributed by atoms with Gasteiger partial charge in [-0.25, -0.2) is 0 Å². The Hall–Kier alpha value is -1.51. The topological polar surface area (TPSA) is 65.1 Å². The maximum Gasteiger partial charge on any atom is 0.293 e. The highest BCUT2D eigenvalue weighted by atomic mass is 79.9. The number of carbonyl (C=O) groups excluding carboxylic acids is 2. The number of methoxy groups -OCH3 is 1. The molecule has 2 heterocycles. The summed E-state index contributed by atoms with van der Waals surface area (Å²) in [6, 6.07) is 3.55. The van der Waals surface area contributed by atoms with Gasteiger partial charge in [-0.1, -0.05) is 15.9 Å². The molecule has 0 atom stereocenters. The lowest BCUT2D eigenvalue weighted by Gasteiger charge is -2.10. The van der Waals surface area contributed by atoms with Gasteiger partial charge in [0.25, 0.3) is 11.1 Å². The van der Waals surface area contributed by atoms with E-state index in [0.717, 1.165) is 21.8 Å². The molecule has 0 aromatic heterocycles. The molecule has 1 aromatic rings. The first-order chi connectivity index (χ1) is 10.6. The molecule has 8 heteroatoms. The predicted molar refractivity (Wildman–Crippen MR) is 84.8 cm³/mol. The largest absolute Gasteiger partial charge is 0.454 e. The summed E-state index contributed by atoms with van der Waals surface area (Å²) in [6.45, 7) is 0.749. The summed E-state index contributed by atoms with van der Waals surface area (Å²) in [5.41, 5.74) is 0.751. The zero-order valence-electron chi connectivity index (χ0n) is 11.6. The van der Waals surface area contributed by atoms with Crippen molar-refractivity contribution in [2.45, 2.75) is 0 Å². The van der Waals surface area contributed by atoms with Gasteiger partial charge in [0.1, 0.15) is 0 Å². The van der Waals surface area contributed by atoms with E-state index in [-0.39, 0.29) is 24.5 Å². The van der Waals surface area contributed by atoms with E-state index >= 15 is 0 Å². The van der Waals surface area contributed by atoms with E-state index in [1.165, 1.54) is 12.0 Å². The van der Waals surface area contributed by atoms with Gasteiger partial charge in [0.15, 0.2) is 11.5 Å². The van der Waals surface area contributed by atoms with Gasteiger partial charge in [-0.05, 0) is 35.5 Å². The van der Waals surface area contributed by atoms with Crippen molar-refractivity contribution in [3.05, 3.63) is 27.1 Å². The zero-order chi connectivity index (χ0) is 15.7. The van der Waals surface area contributed by atoms with E-state index in [1.54, 1.807) is 18.2 Å². The van der Waals surface area contributed by atoms with Crippen molar-refractivity contribution in [3.8, 4) is 11.5 Å². The third kappa shape index (κ3) is 2.86. The van der Waals surface area contributed by atoms with Crippen LogP contribution in [0, 0.1) is 0 Å². The van der Waals surface area contributed by atoms with Crippen LogP contribution in [0.2, 0.25) is 0 Å². The Morgan fingerprint density at radius 2 is 2.09 bits per heavy atom. The third-order valence-electron chi connectivity index (χ3n) is 3.17. The van der Waals surface area contributed by atoms with Gasteiger partial charge < -0.3 is 14.2 Å². The van der Waals surface area contributed by atoms with Crippen LogP contribution < -0.4 is 9.47 Å². The molecule has 0 bridgehead atoms. The molecule has 1 aromatic carbocycles. The van der Waals surface area contributed by atoms with Crippen molar-refractivity contribution in [3.63, 3.8) is 0 Å². The Bertz CT molecular complexity index is 675. The molecule has 0 N–H and O–H groups in total. The smallest absolute Gasteiger partial charge is 0.293 e.